The molecule has 0 aromatic heterocycles. The van der Waals surface area contributed by atoms with E-state index < -0.39 is 22.1 Å². The first kappa shape index (κ1) is 12.7. The Hall–Kier alpha value is -0.310. The standard InChI is InChI=1S/C5H11NO5S2/c6-4(5(7)8)3-12-1-2-13(9,10)11/h4H,1-3,6H2,(H,7,8)(H,9,10,11). The van der Waals surface area contributed by atoms with Crippen molar-refractivity contribution in [1.29, 1.82) is 0 Å². The average Bonchev–Trinajstić information content (AvgIpc) is 1.95. The van der Waals surface area contributed by atoms with Crippen LogP contribution in [0.5, 0.6) is 0 Å². The minimum atomic E-state index is -3.95. The molecule has 13 heavy (non-hydrogen) atoms. The normalized spacial score (nSPS) is 14.0. The van der Waals surface area contributed by atoms with E-state index in [1.54, 1.807) is 0 Å². The quantitative estimate of drug-likeness (QED) is 0.395. The van der Waals surface area contributed by atoms with Crippen LogP contribution in [-0.4, -0.2) is 47.3 Å². The van der Waals surface area contributed by atoms with Gasteiger partial charge in [-0.15, -0.1) is 0 Å². The lowest BCUT2D eigenvalue weighted by Crippen LogP contribution is -2.32. The summed E-state index contributed by atoms with van der Waals surface area (Å²) in [6.07, 6.45) is 0. The molecule has 0 aliphatic carbocycles. The predicted octanol–water partition coefficient (Wildman–Crippen LogP) is -0.981. The van der Waals surface area contributed by atoms with Crippen molar-refractivity contribution >= 4 is 27.8 Å². The van der Waals surface area contributed by atoms with Crippen LogP contribution in [0, 0.1) is 0 Å². The lowest BCUT2D eigenvalue weighted by molar-refractivity contribution is -0.137. The Bertz CT molecular complexity index is 262. The highest BCUT2D eigenvalue weighted by atomic mass is 32.2. The van der Waals surface area contributed by atoms with Gasteiger partial charge in [-0.25, -0.2) is 0 Å². The maximum Gasteiger partial charge on any atom is 0.321 e. The smallest absolute Gasteiger partial charge is 0.321 e. The van der Waals surface area contributed by atoms with Crippen LogP contribution >= 0.6 is 11.8 Å². The third-order valence-corrected chi connectivity index (χ3v) is 3.17. The monoisotopic (exact) mass is 229 g/mol. The predicted molar refractivity (Wildman–Crippen MR) is 49.4 cm³/mol. The summed E-state index contributed by atoms with van der Waals surface area (Å²) in [7, 11) is -3.95. The summed E-state index contributed by atoms with van der Waals surface area (Å²) in [6, 6.07) is -0.994. The summed E-state index contributed by atoms with van der Waals surface area (Å²) >= 11 is 1.07. The lowest BCUT2D eigenvalue weighted by Gasteiger charge is -2.04. The average molecular weight is 229 g/mol. The molecule has 0 aromatic rings. The summed E-state index contributed by atoms with van der Waals surface area (Å²) in [5, 5.41) is 8.34. The third-order valence-electron chi connectivity index (χ3n) is 1.10. The Morgan fingerprint density at radius 1 is 1.54 bits per heavy atom. The van der Waals surface area contributed by atoms with Gasteiger partial charge in [0.05, 0.1) is 5.75 Å². The molecule has 1 atom stereocenters. The fraction of sp³-hybridized carbons (Fsp3) is 0.800. The zero-order valence-corrected chi connectivity index (χ0v) is 8.34. The van der Waals surface area contributed by atoms with Crippen molar-refractivity contribution in [3.8, 4) is 0 Å². The number of rotatable bonds is 6. The van der Waals surface area contributed by atoms with Gasteiger partial charge in [-0.3, -0.25) is 9.35 Å². The molecule has 0 bridgehead atoms. The van der Waals surface area contributed by atoms with Crippen molar-refractivity contribution in [2.75, 3.05) is 17.3 Å². The highest BCUT2D eigenvalue weighted by Crippen LogP contribution is 2.02. The molecule has 0 saturated heterocycles. The van der Waals surface area contributed by atoms with E-state index in [2.05, 4.69) is 0 Å². The minimum absolute atomic E-state index is 0.130. The topological polar surface area (TPSA) is 118 Å². The summed E-state index contributed by atoms with van der Waals surface area (Å²) in [4.78, 5) is 10.2. The molecule has 0 rings (SSSR count). The second-order valence-electron chi connectivity index (χ2n) is 2.31. The van der Waals surface area contributed by atoms with Crippen LogP contribution in [0.4, 0.5) is 0 Å². The van der Waals surface area contributed by atoms with Crippen molar-refractivity contribution in [2.45, 2.75) is 6.04 Å². The number of nitrogens with two attached hydrogens (primary N) is 1. The van der Waals surface area contributed by atoms with Gasteiger partial charge in [0.1, 0.15) is 6.04 Å². The van der Waals surface area contributed by atoms with Gasteiger partial charge >= 0.3 is 5.97 Å². The molecule has 78 valence electrons. The maximum absolute atomic E-state index is 10.2. The summed E-state index contributed by atoms with van der Waals surface area (Å²) in [6.45, 7) is 0. The molecule has 0 fully saturated rings. The number of carboxylic acids is 1. The van der Waals surface area contributed by atoms with Crippen LogP contribution in [0.25, 0.3) is 0 Å². The van der Waals surface area contributed by atoms with Crippen molar-refractivity contribution < 1.29 is 22.9 Å². The van der Waals surface area contributed by atoms with Gasteiger partial charge in [0.25, 0.3) is 10.1 Å². The number of hydrogen-bond donors (Lipinski definition) is 3. The summed E-state index contributed by atoms with van der Waals surface area (Å²) in [5.41, 5.74) is 5.13. The van der Waals surface area contributed by atoms with Gasteiger partial charge in [-0.1, -0.05) is 0 Å². The van der Waals surface area contributed by atoms with E-state index in [1.807, 2.05) is 0 Å². The van der Waals surface area contributed by atoms with Crippen LogP contribution in [0.3, 0.4) is 0 Å². The Balaban J connectivity index is 3.53. The molecule has 0 amide bonds. The van der Waals surface area contributed by atoms with E-state index in [4.69, 9.17) is 15.4 Å². The lowest BCUT2D eigenvalue weighted by atomic mass is 10.4. The molecule has 6 nitrogen and oxygen atoms in total. The molecule has 0 aromatic carbocycles. The van der Waals surface area contributed by atoms with Crippen molar-refractivity contribution in [2.24, 2.45) is 5.73 Å². The highest BCUT2D eigenvalue weighted by molar-refractivity contribution is 8.00. The van der Waals surface area contributed by atoms with Crippen LogP contribution in [0.15, 0.2) is 0 Å². The first-order chi connectivity index (χ1) is 5.83. The molecule has 1 unspecified atom stereocenters. The fourth-order valence-electron chi connectivity index (χ4n) is 0.446. The molecule has 0 radical (unpaired) electrons. The van der Waals surface area contributed by atoms with Gasteiger partial charge in [0, 0.05) is 11.5 Å². The van der Waals surface area contributed by atoms with E-state index >= 15 is 0 Å². The van der Waals surface area contributed by atoms with Gasteiger partial charge in [0.15, 0.2) is 0 Å². The van der Waals surface area contributed by atoms with Crippen LogP contribution in [0.2, 0.25) is 0 Å². The number of hydrogen-bond acceptors (Lipinski definition) is 5. The maximum atomic E-state index is 10.2. The Labute approximate surface area is 80.2 Å². The van der Waals surface area contributed by atoms with Crippen LogP contribution < -0.4 is 5.73 Å². The highest BCUT2D eigenvalue weighted by Gasteiger charge is 2.11. The van der Waals surface area contributed by atoms with Crippen LogP contribution in [0.1, 0.15) is 0 Å². The third kappa shape index (κ3) is 8.03. The molecular weight excluding hydrogens is 218 g/mol. The molecule has 4 N–H and O–H groups in total. The summed E-state index contributed by atoms with van der Waals surface area (Å²) in [5.74, 6) is -1.24. The Morgan fingerprint density at radius 3 is 2.46 bits per heavy atom. The molecule has 0 saturated carbocycles. The SMILES string of the molecule is NC(CSCCS(=O)(=O)O)C(=O)O. The molecule has 0 aliphatic heterocycles. The van der Waals surface area contributed by atoms with E-state index in [-0.39, 0.29) is 17.3 Å². The number of aliphatic carboxylic acids is 1. The molecule has 0 spiro atoms. The van der Waals surface area contributed by atoms with E-state index in [1.165, 1.54) is 0 Å². The van der Waals surface area contributed by atoms with Gasteiger partial charge in [-0.05, 0) is 0 Å². The Morgan fingerprint density at radius 2 is 2.08 bits per heavy atom. The van der Waals surface area contributed by atoms with Crippen molar-refractivity contribution in [1.82, 2.24) is 0 Å². The zero-order chi connectivity index (χ0) is 10.5. The fourth-order valence-corrected chi connectivity index (χ4v) is 2.32. The second-order valence-corrected chi connectivity index (χ2v) is 5.03. The first-order valence-electron chi connectivity index (χ1n) is 3.34. The molecule has 0 heterocycles. The summed E-state index contributed by atoms with van der Waals surface area (Å²) < 4.78 is 28.7. The molecule has 0 aliphatic rings. The molecule has 8 heteroatoms. The van der Waals surface area contributed by atoms with E-state index in [0.29, 0.717) is 0 Å². The minimum Gasteiger partial charge on any atom is -0.480 e. The van der Waals surface area contributed by atoms with Gasteiger partial charge in [-0.2, -0.15) is 20.2 Å². The van der Waals surface area contributed by atoms with E-state index in [9.17, 15) is 13.2 Å². The number of carbonyl (C=O) groups is 1. The van der Waals surface area contributed by atoms with E-state index in [0.717, 1.165) is 11.8 Å². The first-order valence-corrected chi connectivity index (χ1v) is 6.10. The number of carboxylic acid groups (broad SMARTS) is 1. The molecular formula is C5H11NO5S2. The number of thioether (sulfide) groups is 1. The van der Waals surface area contributed by atoms with Gasteiger partial charge in [0.2, 0.25) is 0 Å². The van der Waals surface area contributed by atoms with Gasteiger partial charge < -0.3 is 10.8 Å². The Kier molecular flexibility index (Phi) is 5.30. The van der Waals surface area contributed by atoms with Crippen LogP contribution in [-0.2, 0) is 14.9 Å². The van der Waals surface area contributed by atoms with Crippen molar-refractivity contribution in [3.05, 3.63) is 0 Å². The zero-order valence-electron chi connectivity index (χ0n) is 6.71. The largest absolute Gasteiger partial charge is 0.480 e. The van der Waals surface area contributed by atoms with Crippen molar-refractivity contribution in [3.63, 3.8) is 0 Å². The second kappa shape index (κ2) is 5.43.